The summed E-state index contributed by atoms with van der Waals surface area (Å²) in [6, 6.07) is 13.4. The molecule has 2 atom stereocenters. The smallest absolute Gasteiger partial charge is 0.305 e. The van der Waals surface area contributed by atoms with E-state index in [2.05, 4.69) is 5.10 Å². The van der Waals surface area contributed by atoms with E-state index in [1.165, 1.54) is 28.9 Å². The number of carbonyl (C=O) groups is 2. The van der Waals surface area contributed by atoms with Crippen molar-refractivity contribution < 1.29 is 34.0 Å². The van der Waals surface area contributed by atoms with Crippen LogP contribution in [0.3, 0.4) is 0 Å². The van der Waals surface area contributed by atoms with Gasteiger partial charge in [0.15, 0.2) is 5.69 Å². The van der Waals surface area contributed by atoms with Gasteiger partial charge >= 0.3 is 5.97 Å². The number of aryl methyl sites for hydroxylation is 1. The molecule has 10 heteroatoms. The van der Waals surface area contributed by atoms with Gasteiger partial charge in [-0.15, -0.1) is 0 Å². The maximum Gasteiger partial charge on any atom is 0.305 e. The summed E-state index contributed by atoms with van der Waals surface area (Å²) < 4.78 is 21.0. The Morgan fingerprint density at radius 1 is 1.05 bits per heavy atom. The first-order chi connectivity index (χ1) is 18.0. The molecule has 1 aromatic heterocycles. The fourth-order valence-corrected chi connectivity index (χ4v) is 4.05. The lowest BCUT2D eigenvalue weighted by atomic mass is 10.0. The number of halogens is 1. The van der Waals surface area contributed by atoms with E-state index in [1.807, 2.05) is 45.0 Å². The van der Waals surface area contributed by atoms with Crippen molar-refractivity contribution in [2.45, 2.75) is 58.3 Å². The number of ether oxygens (including phenoxy) is 1. The molecule has 0 aliphatic heterocycles. The Balaban J connectivity index is 1.95. The van der Waals surface area contributed by atoms with Gasteiger partial charge in [0.25, 0.3) is 5.91 Å². The van der Waals surface area contributed by atoms with Gasteiger partial charge < -0.3 is 25.0 Å². The summed E-state index contributed by atoms with van der Waals surface area (Å²) in [6.07, 6.45) is -3.14. The van der Waals surface area contributed by atoms with Crippen LogP contribution in [0.4, 0.5) is 4.39 Å². The second-order valence-electron chi connectivity index (χ2n) is 9.71. The number of aliphatic hydroxyl groups is 2. The summed E-state index contributed by atoms with van der Waals surface area (Å²) in [5.41, 5.74) is 3.18. The van der Waals surface area contributed by atoms with Crippen molar-refractivity contribution in [2.75, 3.05) is 13.7 Å². The predicted octanol–water partition coefficient (Wildman–Crippen LogP) is 3.68. The first-order valence-electron chi connectivity index (χ1n) is 12.4. The van der Waals surface area contributed by atoms with Crippen LogP contribution in [-0.2, 0) is 11.3 Å². The standard InChI is InChI=1S/C28H34FN3O6/c1-17(2)25-26(27(37)31(4)15-19-7-5-18(3)6-8-19)30-32(21-11-9-20(29)10-12-21)28(25)38-16-23(34)13-22(33)14-24(35)36/h5-12,17,22-23,33-34H,13-16H2,1-4H3,(H,35,36)/t22-,23+/m1/s1. The van der Waals surface area contributed by atoms with E-state index in [-0.39, 0.29) is 36.4 Å². The summed E-state index contributed by atoms with van der Waals surface area (Å²) in [5.74, 6) is -1.96. The second-order valence-corrected chi connectivity index (χ2v) is 9.71. The number of aliphatic carboxylic acids is 1. The van der Waals surface area contributed by atoms with Crippen LogP contribution in [0.2, 0.25) is 0 Å². The maximum absolute atomic E-state index is 13.6. The third-order valence-electron chi connectivity index (χ3n) is 5.98. The lowest BCUT2D eigenvalue weighted by Gasteiger charge is -2.19. The molecule has 3 N–H and O–H groups in total. The van der Waals surface area contributed by atoms with E-state index >= 15 is 0 Å². The Morgan fingerprint density at radius 2 is 1.68 bits per heavy atom. The highest BCUT2D eigenvalue weighted by molar-refractivity contribution is 5.94. The van der Waals surface area contributed by atoms with Crippen LogP contribution in [0.25, 0.3) is 5.69 Å². The van der Waals surface area contributed by atoms with E-state index in [0.717, 1.165) is 11.1 Å². The van der Waals surface area contributed by atoms with Gasteiger partial charge in [0.2, 0.25) is 5.88 Å². The minimum atomic E-state index is -1.25. The zero-order chi connectivity index (χ0) is 28.0. The molecule has 2 aromatic carbocycles. The van der Waals surface area contributed by atoms with Crippen LogP contribution in [0.1, 0.15) is 59.8 Å². The van der Waals surface area contributed by atoms with Gasteiger partial charge in [-0.05, 0) is 42.7 Å². The van der Waals surface area contributed by atoms with Gasteiger partial charge in [0, 0.05) is 25.6 Å². The Bertz CT molecular complexity index is 1240. The molecule has 0 saturated heterocycles. The maximum atomic E-state index is 13.6. The van der Waals surface area contributed by atoms with E-state index in [1.54, 1.807) is 11.9 Å². The summed E-state index contributed by atoms with van der Waals surface area (Å²) in [5, 5.41) is 33.6. The lowest BCUT2D eigenvalue weighted by molar-refractivity contribution is -0.139. The molecule has 1 heterocycles. The highest BCUT2D eigenvalue weighted by Crippen LogP contribution is 2.33. The second kappa shape index (κ2) is 12.7. The summed E-state index contributed by atoms with van der Waals surface area (Å²) >= 11 is 0. The minimum absolute atomic E-state index is 0.161. The zero-order valence-corrected chi connectivity index (χ0v) is 22.0. The first-order valence-corrected chi connectivity index (χ1v) is 12.4. The molecule has 0 bridgehead atoms. The SMILES string of the molecule is Cc1ccc(CN(C)C(=O)c2nn(-c3ccc(F)cc3)c(OC[C@@H](O)C[C@@H](O)CC(=O)O)c2C(C)C)cc1. The Hall–Kier alpha value is -3.76. The van der Waals surface area contributed by atoms with Crippen molar-refractivity contribution in [1.29, 1.82) is 0 Å². The predicted molar refractivity (Wildman–Crippen MR) is 139 cm³/mol. The zero-order valence-electron chi connectivity index (χ0n) is 22.0. The van der Waals surface area contributed by atoms with Crippen LogP contribution in [0.5, 0.6) is 5.88 Å². The van der Waals surface area contributed by atoms with Crippen LogP contribution >= 0.6 is 0 Å². The molecule has 0 radical (unpaired) electrons. The average molecular weight is 528 g/mol. The van der Waals surface area contributed by atoms with Gasteiger partial charge in [-0.25, -0.2) is 9.07 Å². The molecule has 204 valence electrons. The molecule has 3 rings (SSSR count). The third kappa shape index (κ3) is 7.39. The summed E-state index contributed by atoms with van der Waals surface area (Å²) in [4.78, 5) is 25.9. The Labute approximate surface area is 221 Å². The van der Waals surface area contributed by atoms with E-state index in [9.17, 15) is 24.2 Å². The molecule has 0 spiro atoms. The van der Waals surface area contributed by atoms with Gasteiger partial charge in [-0.3, -0.25) is 9.59 Å². The summed E-state index contributed by atoms with van der Waals surface area (Å²) in [6.45, 7) is 5.82. The highest BCUT2D eigenvalue weighted by Gasteiger charge is 2.29. The number of hydrogen-bond acceptors (Lipinski definition) is 6. The fourth-order valence-electron chi connectivity index (χ4n) is 4.05. The van der Waals surface area contributed by atoms with E-state index < -0.39 is 30.4 Å². The number of carbonyl (C=O) groups excluding carboxylic acids is 1. The van der Waals surface area contributed by atoms with Crippen LogP contribution in [-0.4, -0.2) is 67.7 Å². The number of aromatic nitrogens is 2. The molecule has 0 unspecified atom stereocenters. The van der Waals surface area contributed by atoms with Crippen molar-refractivity contribution in [1.82, 2.24) is 14.7 Å². The molecule has 0 saturated carbocycles. The number of benzene rings is 2. The molecule has 9 nitrogen and oxygen atoms in total. The van der Waals surface area contributed by atoms with Crippen LogP contribution in [0, 0.1) is 12.7 Å². The first kappa shape index (κ1) is 28.8. The Morgan fingerprint density at radius 3 is 2.26 bits per heavy atom. The quantitative estimate of drug-likeness (QED) is 0.328. The Kier molecular flexibility index (Phi) is 9.60. The molecule has 0 aliphatic carbocycles. The van der Waals surface area contributed by atoms with Gasteiger partial charge in [0.05, 0.1) is 24.3 Å². The molecular formula is C28H34FN3O6. The van der Waals surface area contributed by atoms with Gasteiger partial charge in [-0.1, -0.05) is 43.7 Å². The third-order valence-corrected chi connectivity index (χ3v) is 5.98. The van der Waals surface area contributed by atoms with Gasteiger partial charge in [-0.2, -0.15) is 5.10 Å². The molecular weight excluding hydrogens is 493 g/mol. The average Bonchev–Trinajstić information content (AvgIpc) is 3.23. The molecule has 0 aliphatic rings. The van der Waals surface area contributed by atoms with Crippen LogP contribution < -0.4 is 4.74 Å². The molecule has 3 aromatic rings. The van der Waals surface area contributed by atoms with Crippen molar-refractivity contribution in [3.63, 3.8) is 0 Å². The van der Waals surface area contributed by atoms with Crippen molar-refractivity contribution in [3.05, 3.63) is 76.7 Å². The van der Waals surface area contributed by atoms with E-state index in [4.69, 9.17) is 9.84 Å². The van der Waals surface area contributed by atoms with Crippen molar-refractivity contribution >= 4 is 11.9 Å². The number of hydrogen-bond donors (Lipinski definition) is 3. The van der Waals surface area contributed by atoms with Crippen LogP contribution in [0.15, 0.2) is 48.5 Å². The normalized spacial score (nSPS) is 12.8. The van der Waals surface area contributed by atoms with Crippen molar-refractivity contribution in [3.8, 4) is 11.6 Å². The van der Waals surface area contributed by atoms with E-state index in [0.29, 0.717) is 17.8 Å². The minimum Gasteiger partial charge on any atom is -0.481 e. The summed E-state index contributed by atoms with van der Waals surface area (Å²) in [7, 11) is 1.68. The van der Waals surface area contributed by atoms with Gasteiger partial charge in [0.1, 0.15) is 12.4 Å². The largest absolute Gasteiger partial charge is 0.481 e. The number of aliphatic hydroxyl groups excluding tert-OH is 2. The lowest BCUT2D eigenvalue weighted by Crippen LogP contribution is -2.28. The number of carboxylic acids is 1. The molecule has 0 fully saturated rings. The topological polar surface area (TPSA) is 125 Å². The molecule has 1 amide bonds. The number of nitrogens with zero attached hydrogens (tertiary/aromatic N) is 3. The monoisotopic (exact) mass is 527 g/mol. The molecule has 38 heavy (non-hydrogen) atoms. The highest BCUT2D eigenvalue weighted by atomic mass is 19.1. The number of amides is 1. The number of rotatable bonds is 12. The number of carboxylic acid groups (broad SMARTS) is 1. The fraction of sp³-hybridized carbons (Fsp3) is 0.393. The van der Waals surface area contributed by atoms with Crippen molar-refractivity contribution in [2.24, 2.45) is 0 Å².